The van der Waals surface area contributed by atoms with Crippen LogP contribution >= 0.6 is 11.8 Å². The summed E-state index contributed by atoms with van der Waals surface area (Å²) in [6, 6.07) is 7.88. The van der Waals surface area contributed by atoms with E-state index in [4.69, 9.17) is 0 Å². The van der Waals surface area contributed by atoms with Crippen molar-refractivity contribution in [2.24, 2.45) is 0 Å². The van der Waals surface area contributed by atoms with Gasteiger partial charge in [0, 0.05) is 49.3 Å². The number of hydrogen-bond acceptors (Lipinski definition) is 4. The highest BCUT2D eigenvalue weighted by Gasteiger charge is 2.14. The molecule has 0 bridgehead atoms. The summed E-state index contributed by atoms with van der Waals surface area (Å²) in [6.07, 6.45) is 0.993. The lowest BCUT2D eigenvalue weighted by molar-refractivity contribution is 0.293. The molecular weight excluding hydrogens is 256 g/mol. The molecule has 0 amide bonds. The minimum absolute atomic E-state index is 0.250. The number of hydrogen-bond donors (Lipinski definition) is 2. The maximum absolute atomic E-state index is 9.91. The Bertz CT molecular complexity index is 380. The maximum Gasteiger partial charge on any atom is 0.120 e. The van der Waals surface area contributed by atoms with Gasteiger partial charge in [0.25, 0.3) is 0 Å². The van der Waals surface area contributed by atoms with Crippen LogP contribution in [0.1, 0.15) is 24.9 Å². The Morgan fingerprint density at radius 3 is 2.74 bits per heavy atom. The minimum atomic E-state index is 0.250. The minimum Gasteiger partial charge on any atom is -0.508 e. The number of phenolic OH excluding ortho intramolecular Hbond substituents is 1. The molecule has 0 radical (unpaired) electrons. The Labute approximate surface area is 120 Å². The van der Waals surface area contributed by atoms with Gasteiger partial charge in [0.05, 0.1) is 0 Å². The van der Waals surface area contributed by atoms with Crippen LogP contribution in [0.15, 0.2) is 24.3 Å². The SMILES string of the molecule is CCC(NCCN1CCSCC1)c1ccccc1O. The fourth-order valence-electron chi connectivity index (χ4n) is 2.48. The molecule has 4 heteroatoms. The summed E-state index contributed by atoms with van der Waals surface area (Å²) in [7, 11) is 0. The number of rotatable bonds is 6. The zero-order valence-corrected chi connectivity index (χ0v) is 12.5. The number of phenols is 1. The molecule has 2 rings (SSSR count). The van der Waals surface area contributed by atoms with Crippen molar-refractivity contribution in [3.8, 4) is 5.75 Å². The van der Waals surface area contributed by atoms with Crippen molar-refractivity contribution in [2.75, 3.05) is 37.7 Å². The summed E-state index contributed by atoms with van der Waals surface area (Å²) < 4.78 is 0. The monoisotopic (exact) mass is 280 g/mol. The van der Waals surface area contributed by atoms with Crippen LogP contribution in [-0.2, 0) is 0 Å². The lowest BCUT2D eigenvalue weighted by Crippen LogP contribution is -2.38. The fraction of sp³-hybridized carbons (Fsp3) is 0.600. The molecular formula is C15H24N2OS. The Hall–Kier alpha value is -0.710. The Morgan fingerprint density at radius 1 is 1.32 bits per heavy atom. The first-order valence-electron chi connectivity index (χ1n) is 7.12. The van der Waals surface area contributed by atoms with Crippen molar-refractivity contribution in [3.05, 3.63) is 29.8 Å². The van der Waals surface area contributed by atoms with Gasteiger partial charge in [0.1, 0.15) is 5.75 Å². The van der Waals surface area contributed by atoms with Crippen molar-refractivity contribution in [1.29, 1.82) is 0 Å². The molecule has 1 aliphatic heterocycles. The van der Waals surface area contributed by atoms with Crippen LogP contribution in [0.2, 0.25) is 0 Å². The third-order valence-electron chi connectivity index (χ3n) is 3.64. The summed E-state index contributed by atoms with van der Waals surface area (Å²) >= 11 is 2.05. The molecule has 0 spiro atoms. The van der Waals surface area contributed by atoms with Gasteiger partial charge in [0.2, 0.25) is 0 Å². The molecule has 0 aliphatic carbocycles. The molecule has 0 saturated carbocycles. The molecule has 19 heavy (non-hydrogen) atoms. The van der Waals surface area contributed by atoms with Crippen molar-refractivity contribution in [2.45, 2.75) is 19.4 Å². The van der Waals surface area contributed by atoms with Gasteiger partial charge in [-0.3, -0.25) is 0 Å². The molecule has 1 unspecified atom stereocenters. The Balaban J connectivity index is 1.81. The van der Waals surface area contributed by atoms with E-state index in [2.05, 4.69) is 17.1 Å². The number of thioether (sulfide) groups is 1. The van der Waals surface area contributed by atoms with Crippen LogP contribution in [0.5, 0.6) is 5.75 Å². The highest BCUT2D eigenvalue weighted by Crippen LogP contribution is 2.25. The molecule has 1 aromatic carbocycles. The maximum atomic E-state index is 9.91. The average molecular weight is 280 g/mol. The highest BCUT2D eigenvalue weighted by molar-refractivity contribution is 7.99. The summed E-state index contributed by atoms with van der Waals surface area (Å²) in [5.41, 5.74) is 1.01. The number of para-hydroxylation sites is 1. The molecule has 0 aromatic heterocycles. The highest BCUT2D eigenvalue weighted by atomic mass is 32.2. The second kappa shape index (κ2) is 7.78. The molecule has 1 heterocycles. The van der Waals surface area contributed by atoms with Crippen LogP contribution in [0.3, 0.4) is 0 Å². The van der Waals surface area contributed by atoms with Crippen LogP contribution in [-0.4, -0.2) is 47.7 Å². The molecule has 1 aliphatic rings. The van der Waals surface area contributed by atoms with Crippen LogP contribution in [0, 0.1) is 0 Å². The van der Waals surface area contributed by atoms with Gasteiger partial charge in [-0.2, -0.15) is 11.8 Å². The molecule has 1 atom stereocenters. The van der Waals surface area contributed by atoms with E-state index in [0.717, 1.165) is 25.1 Å². The van der Waals surface area contributed by atoms with Gasteiger partial charge in [-0.15, -0.1) is 0 Å². The predicted octanol–water partition coefficient (Wildman–Crippen LogP) is 2.48. The van der Waals surface area contributed by atoms with Gasteiger partial charge < -0.3 is 15.3 Å². The standard InChI is InChI=1S/C15H24N2OS/c1-2-14(13-5-3-4-6-15(13)18)16-7-8-17-9-11-19-12-10-17/h3-6,14,16,18H,2,7-12H2,1H3. The molecule has 1 fully saturated rings. The lowest BCUT2D eigenvalue weighted by atomic mass is 10.0. The summed E-state index contributed by atoms with van der Waals surface area (Å²) in [6.45, 7) is 6.66. The van der Waals surface area contributed by atoms with E-state index in [1.54, 1.807) is 6.07 Å². The Morgan fingerprint density at radius 2 is 2.05 bits per heavy atom. The normalized spacial score (nSPS) is 18.4. The van der Waals surface area contributed by atoms with Crippen molar-refractivity contribution < 1.29 is 5.11 Å². The molecule has 3 nitrogen and oxygen atoms in total. The number of nitrogens with one attached hydrogen (secondary N) is 1. The first-order chi connectivity index (χ1) is 9.31. The van der Waals surface area contributed by atoms with E-state index in [9.17, 15) is 5.11 Å². The second-order valence-corrected chi connectivity index (χ2v) is 6.15. The average Bonchev–Trinajstić information content (AvgIpc) is 2.46. The number of benzene rings is 1. The van der Waals surface area contributed by atoms with Crippen LogP contribution in [0.25, 0.3) is 0 Å². The first-order valence-corrected chi connectivity index (χ1v) is 8.28. The number of aromatic hydroxyl groups is 1. The predicted molar refractivity (Wildman–Crippen MR) is 82.9 cm³/mol. The van der Waals surface area contributed by atoms with E-state index in [1.165, 1.54) is 24.6 Å². The van der Waals surface area contributed by atoms with E-state index in [0.29, 0.717) is 5.75 Å². The topological polar surface area (TPSA) is 35.5 Å². The largest absolute Gasteiger partial charge is 0.508 e. The first kappa shape index (κ1) is 14.7. The van der Waals surface area contributed by atoms with Crippen LogP contribution in [0.4, 0.5) is 0 Å². The lowest BCUT2D eigenvalue weighted by Gasteiger charge is -2.27. The third kappa shape index (κ3) is 4.41. The van der Waals surface area contributed by atoms with Crippen LogP contribution < -0.4 is 5.32 Å². The quantitative estimate of drug-likeness (QED) is 0.839. The van der Waals surface area contributed by atoms with Gasteiger partial charge in [-0.1, -0.05) is 25.1 Å². The zero-order valence-electron chi connectivity index (χ0n) is 11.6. The summed E-state index contributed by atoms with van der Waals surface area (Å²) in [4.78, 5) is 2.51. The zero-order chi connectivity index (χ0) is 13.5. The second-order valence-electron chi connectivity index (χ2n) is 4.93. The van der Waals surface area contributed by atoms with Crippen molar-refractivity contribution in [3.63, 3.8) is 0 Å². The smallest absolute Gasteiger partial charge is 0.120 e. The third-order valence-corrected chi connectivity index (χ3v) is 4.59. The van der Waals surface area contributed by atoms with E-state index >= 15 is 0 Å². The summed E-state index contributed by atoms with van der Waals surface area (Å²) in [5.74, 6) is 2.92. The Kier molecular flexibility index (Phi) is 6.01. The summed E-state index contributed by atoms with van der Waals surface area (Å²) in [5, 5.41) is 13.5. The van der Waals surface area contributed by atoms with E-state index in [1.807, 2.05) is 30.0 Å². The van der Waals surface area contributed by atoms with Crippen molar-refractivity contribution in [1.82, 2.24) is 10.2 Å². The van der Waals surface area contributed by atoms with Gasteiger partial charge in [0.15, 0.2) is 0 Å². The van der Waals surface area contributed by atoms with Crippen molar-refractivity contribution >= 4 is 11.8 Å². The molecule has 2 N–H and O–H groups in total. The fourth-order valence-corrected chi connectivity index (χ4v) is 3.46. The van der Waals surface area contributed by atoms with E-state index < -0.39 is 0 Å². The molecule has 1 aromatic rings. The van der Waals surface area contributed by atoms with Gasteiger partial charge >= 0.3 is 0 Å². The number of nitrogens with zero attached hydrogens (tertiary/aromatic N) is 1. The molecule has 1 saturated heterocycles. The van der Waals surface area contributed by atoms with Gasteiger partial charge in [-0.25, -0.2) is 0 Å². The van der Waals surface area contributed by atoms with Gasteiger partial charge in [-0.05, 0) is 12.5 Å². The van der Waals surface area contributed by atoms with E-state index in [-0.39, 0.29) is 6.04 Å². The molecule has 106 valence electrons.